The first kappa shape index (κ1) is 15.9. The number of nitrogens with zero attached hydrogens (tertiary/aromatic N) is 2. The van der Waals surface area contributed by atoms with Crippen LogP contribution in [0.3, 0.4) is 0 Å². The largest absolute Gasteiger partial charge is 0.364 e. The van der Waals surface area contributed by atoms with Crippen LogP contribution < -0.4 is 0 Å². The van der Waals surface area contributed by atoms with Gasteiger partial charge in [-0.2, -0.15) is 0 Å². The van der Waals surface area contributed by atoms with E-state index in [2.05, 4.69) is 34.1 Å². The summed E-state index contributed by atoms with van der Waals surface area (Å²) < 4.78 is 6.30. The number of fused-ring (bicyclic) bond motifs is 6. The summed E-state index contributed by atoms with van der Waals surface area (Å²) >= 11 is 6.36. The van der Waals surface area contributed by atoms with Gasteiger partial charge in [0, 0.05) is 31.1 Å². The zero-order valence-electron chi connectivity index (χ0n) is 14.9. The van der Waals surface area contributed by atoms with E-state index in [4.69, 9.17) is 21.3 Å². The van der Waals surface area contributed by atoms with Gasteiger partial charge < -0.3 is 9.72 Å². The van der Waals surface area contributed by atoms with Crippen LogP contribution in [0.1, 0.15) is 41.1 Å². The summed E-state index contributed by atoms with van der Waals surface area (Å²) in [4.78, 5) is 10.9. The highest BCUT2D eigenvalue weighted by Crippen LogP contribution is 2.52. The Morgan fingerprint density at radius 3 is 2.78 bits per heavy atom. The molecule has 136 valence electrons. The number of halogens is 1. The van der Waals surface area contributed by atoms with Gasteiger partial charge in [-0.25, -0.2) is 4.98 Å². The Labute approximate surface area is 163 Å². The van der Waals surface area contributed by atoms with Gasteiger partial charge in [-0.15, -0.1) is 0 Å². The maximum atomic E-state index is 6.36. The number of hydrogen-bond acceptors (Lipinski definition) is 3. The van der Waals surface area contributed by atoms with Gasteiger partial charge in [0.15, 0.2) is 0 Å². The number of H-pyrrole nitrogens is 1. The molecule has 0 radical (unpaired) electrons. The van der Waals surface area contributed by atoms with Gasteiger partial charge in [0.25, 0.3) is 0 Å². The number of hydrogen-bond donors (Lipinski definition) is 1. The van der Waals surface area contributed by atoms with Crippen molar-refractivity contribution in [2.45, 2.75) is 37.6 Å². The van der Waals surface area contributed by atoms with E-state index in [0.29, 0.717) is 6.04 Å². The van der Waals surface area contributed by atoms with E-state index in [-0.39, 0.29) is 12.2 Å². The average molecular weight is 378 g/mol. The lowest BCUT2D eigenvalue weighted by Gasteiger charge is -2.35. The van der Waals surface area contributed by atoms with Crippen LogP contribution in [0.4, 0.5) is 0 Å². The molecule has 0 saturated carbocycles. The molecule has 2 aromatic carbocycles. The Balaban J connectivity index is 1.28. The van der Waals surface area contributed by atoms with Crippen molar-refractivity contribution in [3.05, 3.63) is 76.1 Å². The molecule has 3 aliphatic rings. The molecule has 4 heterocycles. The van der Waals surface area contributed by atoms with Gasteiger partial charge in [0.2, 0.25) is 0 Å². The van der Waals surface area contributed by atoms with Gasteiger partial charge in [0.05, 0.1) is 28.6 Å². The fourth-order valence-electron chi connectivity index (χ4n) is 4.93. The number of imidazole rings is 1. The number of nitrogens with one attached hydrogen (secondary N) is 1. The van der Waals surface area contributed by atoms with E-state index in [0.717, 1.165) is 42.3 Å². The molecule has 4 nitrogen and oxygen atoms in total. The molecule has 27 heavy (non-hydrogen) atoms. The summed E-state index contributed by atoms with van der Waals surface area (Å²) in [6, 6.07) is 17.0. The third kappa shape index (κ3) is 2.40. The Hall–Kier alpha value is -2.14. The van der Waals surface area contributed by atoms with Gasteiger partial charge in [-0.1, -0.05) is 48.0 Å². The summed E-state index contributed by atoms with van der Waals surface area (Å²) in [7, 11) is 0. The molecule has 1 unspecified atom stereocenters. The van der Waals surface area contributed by atoms with Crippen molar-refractivity contribution in [1.29, 1.82) is 0 Å². The molecule has 0 spiro atoms. The molecule has 2 bridgehead atoms. The third-order valence-electron chi connectivity index (χ3n) is 6.22. The van der Waals surface area contributed by atoms with Crippen LogP contribution in [-0.2, 0) is 17.7 Å². The summed E-state index contributed by atoms with van der Waals surface area (Å²) in [5, 5.41) is 0.735. The van der Waals surface area contributed by atoms with E-state index in [1.807, 2.05) is 24.3 Å². The highest BCUT2D eigenvalue weighted by Gasteiger charge is 2.47. The number of aromatic nitrogens is 2. The molecular weight excluding hydrogens is 358 g/mol. The first-order valence-electron chi connectivity index (χ1n) is 9.59. The zero-order chi connectivity index (χ0) is 18.0. The van der Waals surface area contributed by atoms with E-state index in [1.54, 1.807) is 0 Å². The van der Waals surface area contributed by atoms with Crippen molar-refractivity contribution in [2.75, 3.05) is 6.54 Å². The predicted molar refractivity (Wildman–Crippen MR) is 105 cm³/mol. The maximum Gasteiger partial charge on any atom is 0.139 e. The molecule has 3 atom stereocenters. The predicted octanol–water partition coefficient (Wildman–Crippen LogP) is 4.67. The summed E-state index contributed by atoms with van der Waals surface area (Å²) in [6.45, 7) is 1.92. The number of rotatable bonds is 2. The molecule has 5 heteroatoms. The molecular formula is C22H20ClN3O. The summed E-state index contributed by atoms with van der Waals surface area (Å²) in [5.41, 5.74) is 6.13. The topological polar surface area (TPSA) is 41.2 Å². The van der Waals surface area contributed by atoms with Crippen LogP contribution >= 0.6 is 11.6 Å². The normalized spacial score (nSPS) is 26.2. The maximum absolute atomic E-state index is 6.36. The number of benzene rings is 2. The first-order valence-corrected chi connectivity index (χ1v) is 9.97. The molecule has 0 amide bonds. The van der Waals surface area contributed by atoms with Crippen molar-refractivity contribution in [2.24, 2.45) is 0 Å². The lowest BCUT2D eigenvalue weighted by atomic mass is 9.87. The molecule has 0 aliphatic carbocycles. The lowest BCUT2D eigenvalue weighted by molar-refractivity contribution is 0.0395. The van der Waals surface area contributed by atoms with E-state index >= 15 is 0 Å². The minimum absolute atomic E-state index is 0.207. The molecule has 6 rings (SSSR count). The number of aromatic amines is 1. The molecule has 3 aromatic rings. The molecule has 1 saturated heterocycles. The van der Waals surface area contributed by atoms with Crippen LogP contribution in [0.25, 0.3) is 11.4 Å². The highest BCUT2D eigenvalue weighted by molar-refractivity contribution is 6.33. The van der Waals surface area contributed by atoms with Crippen LogP contribution in [0.2, 0.25) is 5.02 Å². The second kappa shape index (κ2) is 5.93. The molecule has 1 fully saturated rings. The van der Waals surface area contributed by atoms with Crippen LogP contribution in [0, 0.1) is 0 Å². The monoisotopic (exact) mass is 377 g/mol. The van der Waals surface area contributed by atoms with Crippen molar-refractivity contribution < 1.29 is 4.74 Å². The second-order valence-corrected chi connectivity index (χ2v) is 8.10. The van der Waals surface area contributed by atoms with E-state index in [9.17, 15) is 0 Å². The zero-order valence-corrected chi connectivity index (χ0v) is 15.6. The minimum atomic E-state index is 0.207. The molecule has 3 aliphatic heterocycles. The van der Waals surface area contributed by atoms with Crippen molar-refractivity contribution >= 4 is 11.6 Å². The minimum Gasteiger partial charge on any atom is -0.364 e. The van der Waals surface area contributed by atoms with Crippen LogP contribution in [0.5, 0.6) is 0 Å². The van der Waals surface area contributed by atoms with E-state index < -0.39 is 0 Å². The Morgan fingerprint density at radius 1 is 1.07 bits per heavy atom. The molecule has 1 N–H and O–H groups in total. The summed E-state index contributed by atoms with van der Waals surface area (Å²) in [5.74, 6) is 0.877. The van der Waals surface area contributed by atoms with Gasteiger partial charge in [-0.3, -0.25) is 4.90 Å². The van der Waals surface area contributed by atoms with Crippen molar-refractivity contribution in [1.82, 2.24) is 14.9 Å². The smallest absolute Gasteiger partial charge is 0.139 e. The average Bonchev–Trinajstić information content (AvgIpc) is 3.41. The Kier molecular flexibility index (Phi) is 3.49. The van der Waals surface area contributed by atoms with Gasteiger partial charge in [-0.05, 0) is 29.7 Å². The quantitative estimate of drug-likeness (QED) is 0.705. The Bertz CT molecular complexity index is 1030. The van der Waals surface area contributed by atoms with Gasteiger partial charge >= 0.3 is 0 Å². The van der Waals surface area contributed by atoms with Crippen LogP contribution in [0.15, 0.2) is 48.5 Å². The fourth-order valence-corrected chi connectivity index (χ4v) is 5.15. The first-order chi connectivity index (χ1) is 13.3. The van der Waals surface area contributed by atoms with E-state index in [1.165, 1.54) is 22.5 Å². The third-order valence-corrected chi connectivity index (χ3v) is 6.55. The highest BCUT2D eigenvalue weighted by atomic mass is 35.5. The fraction of sp³-hybridized carbons (Fsp3) is 0.318. The second-order valence-electron chi connectivity index (χ2n) is 7.69. The van der Waals surface area contributed by atoms with Gasteiger partial charge in [0.1, 0.15) is 5.82 Å². The number of ether oxygens (including phenoxy) is 1. The van der Waals surface area contributed by atoms with Crippen molar-refractivity contribution in [3.63, 3.8) is 0 Å². The van der Waals surface area contributed by atoms with Crippen molar-refractivity contribution in [3.8, 4) is 11.4 Å². The summed E-state index contributed by atoms with van der Waals surface area (Å²) in [6.07, 6.45) is 2.52. The molecule has 1 aromatic heterocycles. The Morgan fingerprint density at radius 2 is 1.89 bits per heavy atom. The lowest BCUT2D eigenvalue weighted by Crippen LogP contribution is -2.41. The standard InChI is InChI=1S/C22H20ClN3O/c23-16-8-4-3-7-15(16)22-24-17-9-10-26(12-18(17)25-22)19-11-20-13-5-1-2-6-14(13)21(19)27-20/h1-8,19-21H,9-12H2,(H,24,25)/t19?,20-,21-/m0/s1. The SMILES string of the molecule is Clc1ccccc1-c1nc2c([nH]1)CN(C1C[C@@H]3O[C@H]1c1ccccc13)CC2. The van der Waals surface area contributed by atoms with Crippen LogP contribution in [-0.4, -0.2) is 27.5 Å².